The van der Waals surface area contributed by atoms with Gasteiger partial charge < -0.3 is 10.4 Å². The molecule has 1 aromatic carbocycles. The van der Waals surface area contributed by atoms with Crippen LogP contribution in [0.15, 0.2) is 18.2 Å². The van der Waals surface area contributed by atoms with Gasteiger partial charge in [0, 0.05) is 12.6 Å². The highest BCUT2D eigenvalue weighted by Crippen LogP contribution is 2.20. The van der Waals surface area contributed by atoms with Crippen LogP contribution in [0.2, 0.25) is 0 Å². The van der Waals surface area contributed by atoms with Gasteiger partial charge in [-0.05, 0) is 30.5 Å². The average molecular weight is 241 g/mol. The lowest BCUT2D eigenvalue weighted by Crippen LogP contribution is -2.30. The third-order valence-electron chi connectivity index (χ3n) is 3.28. The fourth-order valence-corrected chi connectivity index (χ4v) is 2.25. The van der Waals surface area contributed by atoms with Crippen LogP contribution in [0.5, 0.6) is 0 Å². The Morgan fingerprint density at radius 3 is 2.59 bits per heavy atom. The second kappa shape index (κ2) is 5.56. The highest BCUT2D eigenvalue weighted by Gasteiger charge is 2.17. The summed E-state index contributed by atoms with van der Waals surface area (Å²) in [5, 5.41) is 13.1. The standard InChI is InChI=1S/C13H17F2NO/c14-11-6-5-9(7-12(11)15)13(17)8-16-10-3-1-2-4-10/h5-7,10,13,16-17H,1-4,8H2. The van der Waals surface area contributed by atoms with Crippen molar-refractivity contribution in [3.63, 3.8) is 0 Å². The smallest absolute Gasteiger partial charge is 0.159 e. The minimum absolute atomic E-state index is 0.385. The van der Waals surface area contributed by atoms with Gasteiger partial charge in [-0.25, -0.2) is 8.78 Å². The Labute approximate surface area is 99.7 Å². The molecule has 1 unspecified atom stereocenters. The van der Waals surface area contributed by atoms with Crippen LogP contribution in [0.25, 0.3) is 0 Å². The van der Waals surface area contributed by atoms with E-state index in [2.05, 4.69) is 5.32 Å². The molecule has 0 aliphatic heterocycles. The molecule has 2 N–H and O–H groups in total. The Balaban J connectivity index is 1.89. The zero-order valence-electron chi connectivity index (χ0n) is 9.63. The zero-order chi connectivity index (χ0) is 12.3. The molecule has 0 bridgehead atoms. The number of benzene rings is 1. The Bertz CT molecular complexity index is 378. The number of aliphatic hydroxyl groups excluding tert-OH is 1. The lowest BCUT2D eigenvalue weighted by Gasteiger charge is -2.16. The van der Waals surface area contributed by atoms with E-state index in [1.54, 1.807) is 0 Å². The van der Waals surface area contributed by atoms with Gasteiger partial charge in [0.25, 0.3) is 0 Å². The lowest BCUT2D eigenvalue weighted by atomic mass is 10.1. The minimum Gasteiger partial charge on any atom is -0.387 e. The maximum absolute atomic E-state index is 13.0. The fraction of sp³-hybridized carbons (Fsp3) is 0.538. The van der Waals surface area contributed by atoms with E-state index >= 15 is 0 Å². The van der Waals surface area contributed by atoms with Crippen molar-refractivity contribution in [1.82, 2.24) is 5.32 Å². The van der Waals surface area contributed by atoms with E-state index in [0.29, 0.717) is 18.2 Å². The topological polar surface area (TPSA) is 32.3 Å². The van der Waals surface area contributed by atoms with Crippen LogP contribution < -0.4 is 5.32 Å². The van der Waals surface area contributed by atoms with Crippen LogP contribution in [0.1, 0.15) is 37.4 Å². The van der Waals surface area contributed by atoms with Crippen LogP contribution >= 0.6 is 0 Å². The molecule has 1 aromatic rings. The lowest BCUT2D eigenvalue weighted by molar-refractivity contribution is 0.169. The summed E-state index contributed by atoms with van der Waals surface area (Å²) in [7, 11) is 0. The first-order valence-corrected chi connectivity index (χ1v) is 6.03. The maximum atomic E-state index is 13.0. The third kappa shape index (κ3) is 3.23. The van der Waals surface area contributed by atoms with Crippen molar-refractivity contribution in [3.05, 3.63) is 35.4 Å². The summed E-state index contributed by atoms with van der Waals surface area (Å²) in [6.07, 6.45) is 3.91. The highest BCUT2D eigenvalue weighted by molar-refractivity contribution is 5.20. The van der Waals surface area contributed by atoms with E-state index in [1.165, 1.54) is 18.9 Å². The van der Waals surface area contributed by atoms with Gasteiger partial charge in [-0.2, -0.15) is 0 Å². The summed E-state index contributed by atoms with van der Waals surface area (Å²) < 4.78 is 25.7. The van der Waals surface area contributed by atoms with E-state index in [4.69, 9.17) is 0 Å². The first-order valence-electron chi connectivity index (χ1n) is 6.03. The highest BCUT2D eigenvalue weighted by atomic mass is 19.2. The van der Waals surface area contributed by atoms with Gasteiger partial charge in [0.15, 0.2) is 11.6 Å². The van der Waals surface area contributed by atoms with Gasteiger partial charge in [-0.15, -0.1) is 0 Å². The van der Waals surface area contributed by atoms with Crippen molar-refractivity contribution in [2.24, 2.45) is 0 Å². The van der Waals surface area contributed by atoms with Crippen molar-refractivity contribution >= 4 is 0 Å². The Morgan fingerprint density at radius 2 is 1.94 bits per heavy atom. The van der Waals surface area contributed by atoms with Gasteiger partial charge in [0.05, 0.1) is 6.10 Å². The number of nitrogens with one attached hydrogen (secondary N) is 1. The molecule has 1 atom stereocenters. The van der Waals surface area contributed by atoms with Crippen LogP contribution in [-0.2, 0) is 0 Å². The zero-order valence-corrected chi connectivity index (χ0v) is 9.63. The Morgan fingerprint density at radius 1 is 1.24 bits per heavy atom. The van der Waals surface area contributed by atoms with Crippen molar-refractivity contribution in [2.45, 2.75) is 37.8 Å². The summed E-state index contributed by atoms with van der Waals surface area (Å²) in [6.45, 7) is 0.385. The van der Waals surface area contributed by atoms with Crippen molar-refractivity contribution in [1.29, 1.82) is 0 Å². The fourth-order valence-electron chi connectivity index (χ4n) is 2.25. The summed E-state index contributed by atoms with van der Waals surface area (Å²) in [5.41, 5.74) is 0.411. The molecule has 1 saturated carbocycles. The number of hydrogen-bond acceptors (Lipinski definition) is 2. The monoisotopic (exact) mass is 241 g/mol. The molecule has 1 aliphatic carbocycles. The predicted octanol–water partition coefficient (Wildman–Crippen LogP) is 2.53. The average Bonchev–Trinajstić information content (AvgIpc) is 2.82. The molecule has 17 heavy (non-hydrogen) atoms. The molecule has 2 nitrogen and oxygen atoms in total. The van der Waals surface area contributed by atoms with Crippen molar-refractivity contribution in [2.75, 3.05) is 6.54 Å². The largest absolute Gasteiger partial charge is 0.387 e. The third-order valence-corrected chi connectivity index (χ3v) is 3.28. The number of halogens is 2. The Hall–Kier alpha value is -1.00. The minimum atomic E-state index is -0.914. The summed E-state index contributed by atoms with van der Waals surface area (Å²) in [5.74, 6) is -1.80. The van der Waals surface area contributed by atoms with Gasteiger partial charge in [0.1, 0.15) is 0 Å². The van der Waals surface area contributed by atoms with Crippen LogP contribution in [-0.4, -0.2) is 17.7 Å². The van der Waals surface area contributed by atoms with E-state index in [9.17, 15) is 13.9 Å². The Kier molecular flexibility index (Phi) is 4.07. The van der Waals surface area contributed by atoms with Gasteiger partial charge in [0.2, 0.25) is 0 Å². The molecule has 0 amide bonds. The molecular weight excluding hydrogens is 224 g/mol. The van der Waals surface area contributed by atoms with E-state index in [-0.39, 0.29) is 0 Å². The molecule has 94 valence electrons. The van der Waals surface area contributed by atoms with Crippen molar-refractivity contribution in [3.8, 4) is 0 Å². The van der Waals surface area contributed by atoms with Crippen LogP contribution in [0, 0.1) is 11.6 Å². The second-order valence-electron chi connectivity index (χ2n) is 4.58. The quantitative estimate of drug-likeness (QED) is 0.849. The van der Waals surface area contributed by atoms with Crippen molar-refractivity contribution < 1.29 is 13.9 Å². The summed E-state index contributed by atoms with van der Waals surface area (Å²) >= 11 is 0. The van der Waals surface area contributed by atoms with Gasteiger partial charge >= 0.3 is 0 Å². The van der Waals surface area contributed by atoms with E-state index < -0.39 is 17.7 Å². The van der Waals surface area contributed by atoms with Gasteiger partial charge in [-0.3, -0.25) is 0 Å². The first kappa shape index (κ1) is 12.5. The number of hydrogen-bond donors (Lipinski definition) is 2. The number of aliphatic hydroxyl groups is 1. The van der Waals surface area contributed by atoms with Gasteiger partial charge in [-0.1, -0.05) is 18.9 Å². The molecule has 0 radical (unpaired) electrons. The molecule has 0 aromatic heterocycles. The normalized spacial score (nSPS) is 18.5. The molecule has 2 rings (SSSR count). The molecule has 4 heteroatoms. The second-order valence-corrected chi connectivity index (χ2v) is 4.58. The first-order chi connectivity index (χ1) is 8.16. The molecule has 0 saturated heterocycles. The summed E-state index contributed by atoms with van der Waals surface area (Å²) in [6, 6.07) is 3.97. The molecule has 0 heterocycles. The van der Waals surface area contributed by atoms with Crippen LogP contribution in [0.3, 0.4) is 0 Å². The maximum Gasteiger partial charge on any atom is 0.159 e. The van der Waals surface area contributed by atoms with E-state index in [0.717, 1.165) is 25.0 Å². The summed E-state index contributed by atoms with van der Waals surface area (Å²) in [4.78, 5) is 0. The molecule has 1 fully saturated rings. The van der Waals surface area contributed by atoms with E-state index in [1.807, 2.05) is 0 Å². The molecular formula is C13H17F2NO. The number of rotatable bonds is 4. The van der Waals surface area contributed by atoms with Crippen LogP contribution in [0.4, 0.5) is 8.78 Å². The molecule has 1 aliphatic rings. The SMILES string of the molecule is OC(CNC1CCCC1)c1ccc(F)c(F)c1. The molecule has 0 spiro atoms. The predicted molar refractivity (Wildman–Crippen MR) is 61.6 cm³/mol.